The first-order chi connectivity index (χ1) is 14.5. The van der Waals surface area contributed by atoms with Gasteiger partial charge in [0.15, 0.2) is 0 Å². The monoisotopic (exact) mass is 440 g/mol. The number of carbonyl (C=O) groups excluding carboxylic acids is 1. The summed E-state index contributed by atoms with van der Waals surface area (Å²) in [5, 5.41) is 8.52. The molecule has 5 nitrogen and oxygen atoms in total. The van der Waals surface area contributed by atoms with Crippen LogP contribution in [0.15, 0.2) is 35.0 Å². The number of rotatable bonds is 6. The largest absolute Gasteiger partial charge is 0.324 e. The number of aromatic nitrogens is 1. The Labute approximate surface area is 186 Å². The molecular weight excluding hydrogens is 412 g/mol. The van der Waals surface area contributed by atoms with Gasteiger partial charge in [-0.3, -0.25) is 14.6 Å². The Kier molecular flexibility index (Phi) is 6.63. The van der Waals surface area contributed by atoms with Gasteiger partial charge in [-0.2, -0.15) is 0 Å². The average molecular weight is 441 g/mol. The van der Waals surface area contributed by atoms with Crippen molar-refractivity contribution in [3.05, 3.63) is 56.7 Å². The number of thiazole rings is 1. The predicted molar refractivity (Wildman–Crippen MR) is 126 cm³/mol. The fourth-order valence-electron chi connectivity index (χ4n) is 3.98. The fourth-order valence-corrected chi connectivity index (χ4v) is 5.57. The number of anilines is 1. The third kappa shape index (κ3) is 5.16. The molecule has 0 bridgehead atoms. The average Bonchev–Trinajstić information content (AvgIpc) is 3.38. The molecule has 1 aliphatic rings. The van der Waals surface area contributed by atoms with Crippen molar-refractivity contribution in [1.82, 2.24) is 14.8 Å². The van der Waals surface area contributed by atoms with Crippen molar-refractivity contribution in [2.75, 3.05) is 38.0 Å². The van der Waals surface area contributed by atoms with E-state index >= 15 is 0 Å². The number of hydrogen-bond donors (Lipinski definition) is 1. The van der Waals surface area contributed by atoms with Crippen molar-refractivity contribution in [3.63, 3.8) is 0 Å². The first-order valence-corrected chi connectivity index (χ1v) is 12.0. The first kappa shape index (κ1) is 21.2. The van der Waals surface area contributed by atoms with Crippen molar-refractivity contribution in [2.24, 2.45) is 0 Å². The van der Waals surface area contributed by atoms with Gasteiger partial charge in [-0.05, 0) is 43.3 Å². The molecule has 1 fully saturated rings. The van der Waals surface area contributed by atoms with E-state index in [0.717, 1.165) is 60.2 Å². The minimum absolute atomic E-state index is 0.0685. The molecule has 0 spiro atoms. The molecule has 0 aliphatic carbocycles. The third-order valence-electron chi connectivity index (χ3n) is 5.46. The molecule has 1 aliphatic heterocycles. The summed E-state index contributed by atoms with van der Waals surface area (Å²) in [6.07, 6.45) is 0. The van der Waals surface area contributed by atoms with Crippen LogP contribution in [0, 0.1) is 20.8 Å². The molecule has 30 heavy (non-hydrogen) atoms. The van der Waals surface area contributed by atoms with Crippen LogP contribution in [0.1, 0.15) is 21.7 Å². The van der Waals surface area contributed by atoms with Crippen molar-refractivity contribution < 1.29 is 4.79 Å². The zero-order chi connectivity index (χ0) is 21.1. The minimum atomic E-state index is 0.0685. The second-order valence-electron chi connectivity index (χ2n) is 7.98. The smallest absolute Gasteiger partial charge is 0.238 e. The molecule has 3 heterocycles. The number of nitrogens with one attached hydrogen (secondary N) is 1. The van der Waals surface area contributed by atoms with Gasteiger partial charge in [0, 0.05) is 37.2 Å². The summed E-state index contributed by atoms with van der Waals surface area (Å²) < 4.78 is 0. The third-order valence-corrected chi connectivity index (χ3v) is 7.18. The van der Waals surface area contributed by atoms with E-state index in [-0.39, 0.29) is 5.91 Å². The second-order valence-corrected chi connectivity index (χ2v) is 9.87. The Bertz CT molecular complexity index is 981. The number of carbonyl (C=O) groups is 1. The predicted octanol–water partition coefficient (Wildman–Crippen LogP) is 4.55. The Morgan fingerprint density at radius 2 is 1.77 bits per heavy atom. The lowest BCUT2D eigenvalue weighted by atomic mass is 10.1. The molecule has 158 valence electrons. The van der Waals surface area contributed by atoms with Crippen LogP contribution >= 0.6 is 22.7 Å². The van der Waals surface area contributed by atoms with Crippen molar-refractivity contribution in [3.8, 4) is 10.6 Å². The van der Waals surface area contributed by atoms with Crippen LogP contribution in [0.2, 0.25) is 0 Å². The molecule has 1 aromatic carbocycles. The molecule has 2 aromatic heterocycles. The van der Waals surface area contributed by atoms with E-state index in [1.54, 1.807) is 22.7 Å². The Balaban J connectivity index is 1.25. The van der Waals surface area contributed by atoms with Gasteiger partial charge in [-0.15, -0.1) is 22.7 Å². The molecule has 0 radical (unpaired) electrons. The van der Waals surface area contributed by atoms with E-state index in [1.807, 2.05) is 0 Å². The van der Waals surface area contributed by atoms with E-state index in [4.69, 9.17) is 4.98 Å². The SMILES string of the molecule is Cc1cc(C)c(NC(=O)CN2CCN(Cc3nc(-c4cccs4)cs3)CC2)c(C)c1. The van der Waals surface area contributed by atoms with Crippen LogP contribution in [-0.4, -0.2) is 53.4 Å². The van der Waals surface area contributed by atoms with E-state index < -0.39 is 0 Å². The number of amides is 1. The molecule has 0 atom stereocenters. The highest BCUT2D eigenvalue weighted by Gasteiger charge is 2.20. The van der Waals surface area contributed by atoms with Crippen LogP contribution in [0.5, 0.6) is 0 Å². The summed E-state index contributed by atoms with van der Waals surface area (Å²) in [5.41, 5.74) is 5.51. The van der Waals surface area contributed by atoms with Crippen LogP contribution in [-0.2, 0) is 11.3 Å². The highest BCUT2D eigenvalue weighted by atomic mass is 32.1. The van der Waals surface area contributed by atoms with E-state index in [0.29, 0.717) is 6.54 Å². The van der Waals surface area contributed by atoms with Gasteiger partial charge in [-0.1, -0.05) is 23.8 Å². The van der Waals surface area contributed by atoms with E-state index in [1.165, 1.54) is 10.4 Å². The van der Waals surface area contributed by atoms with E-state index in [2.05, 4.69) is 70.9 Å². The van der Waals surface area contributed by atoms with Crippen molar-refractivity contribution in [2.45, 2.75) is 27.3 Å². The zero-order valence-electron chi connectivity index (χ0n) is 17.8. The van der Waals surface area contributed by atoms with Crippen molar-refractivity contribution in [1.29, 1.82) is 0 Å². The highest BCUT2D eigenvalue weighted by Crippen LogP contribution is 2.27. The number of nitrogens with zero attached hydrogens (tertiary/aromatic N) is 3. The van der Waals surface area contributed by atoms with Gasteiger partial charge in [0.1, 0.15) is 5.01 Å². The summed E-state index contributed by atoms with van der Waals surface area (Å²) >= 11 is 3.46. The lowest BCUT2D eigenvalue weighted by Gasteiger charge is -2.33. The van der Waals surface area contributed by atoms with Gasteiger partial charge in [0.2, 0.25) is 5.91 Å². The fraction of sp³-hybridized carbons (Fsp3) is 0.391. The zero-order valence-corrected chi connectivity index (χ0v) is 19.4. The van der Waals surface area contributed by atoms with Gasteiger partial charge < -0.3 is 5.32 Å². The maximum absolute atomic E-state index is 12.6. The van der Waals surface area contributed by atoms with Gasteiger partial charge in [-0.25, -0.2) is 4.98 Å². The number of hydrogen-bond acceptors (Lipinski definition) is 6. The van der Waals surface area contributed by atoms with E-state index in [9.17, 15) is 4.79 Å². The maximum atomic E-state index is 12.6. The van der Waals surface area contributed by atoms with Crippen LogP contribution in [0.4, 0.5) is 5.69 Å². The lowest BCUT2D eigenvalue weighted by Crippen LogP contribution is -2.48. The normalized spacial score (nSPS) is 15.4. The molecule has 1 amide bonds. The van der Waals surface area contributed by atoms with Gasteiger partial charge in [0.05, 0.1) is 23.7 Å². The quantitative estimate of drug-likeness (QED) is 0.611. The summed E-state index contributed by atoms with van der Waals surface area (Å²) in [4.78, 5) is 23.3. The van der Waals surface area contributed by atoms with Gasteiger partial charge >= 0.3 is 0 Å². The van der Waals surface area contributed by atoms with Gasteiger partial charge in [0.25, 0.3) is 0 Å². The van der Waals surface area contributed by atoms with Crippen LogP contribution in [0.3, 0.4) is 0 Å². The lowest BCUT2D eigenvalue weighted by molar-refractivity contribution is -0.117. The molecule has 0 unspecified atom stereocenters. The summed E-state index contributed by atoms with van der Waals surface area (Å²) in [6, 6.07) is 8.41. The summed E-state index contributed by atoms with van der Waals surface area (Å²) in [7, 11) is 0. The molecule has 1 N–H and O–H groups in total. The molecular formula is C23H28N4OS2. The number of piperazine rings is 1. The molecule has 4 rings (SSSR count). The van der Waals surface area contributed by atoms with Crippen molar-refractivity contribution >= 4 is 34.3 Å². The Morgan fingerprint density at radius 3 is 2.43 bits per heavy atom. The molecule has 7 heteroatoms. The number of benzene rings is 1. The molecule has 0 saturated carbocycles. The van der Waals surface area contributed by atoms with Crippen LogP contribution < -0.4 is 5.32 Å². The molecule has 1 saturated heterocycles. The Hall–Kier alpha value is -2.06. The highest BCUT2D eigenvalue weighted by molar-refractivity contribution is 7.14. The second kappa shape index (κ2) is 9.39. The standard InChI is InChI=1S/C23H28N4OS2/c1-16-11-17(2)23(18(3)12-16)25-21(28)13-26-6-8-27(9-7-26)14-22-24-19(15-30-22)20-5-4-10-29-20/h4-5,10-12,15H,6-9,13-14H2,1-3H3,(H,25,28). The van der Waals surface area contributed by atoms with Crippen LogP contribution in [0.25, 0.3) is 10.6 Å². The Morgan fingerprint density at radius 1 is 1.07 bits per heavy atom. The maximum Gasteiger partial charge on any atom is 0.238 e. The number of thiophene rings is 1. The topological polar surface area (TPSA) is 48.5 Å². The number of aryl methyl sites for hydroxylation is 3. The summed E-state index contributed by atoms with van der Waals surface area (Å²) in [5.74, 6) is 0.0685. The minimum Gasteiger partial charge on any atom is -0.324 e. The molecule has 3 aromatic rings. The first-order valence-electron chi connectivity index (χ1n) is 10.3. The summed E-state index contributed by atoms with van der Waals surface area (Å²) in [6.45, 7) is 11.3.